The molecule has 1 N–H and O–H groups in total. The first-order valence-electron chi connectivity index (χ1n) is 7.95. The maximum Gasteiger partial charge on any atom is 0.267 e. The molecule has 0 aliphatic carbocycles. The number of carbonyl (C=O) groups is 1. The summed E-state index contributed by atoms with van der Waals surface area (Å²) in [4.78, 5) is 26.5. The lowest BCUT2D eigenvalue weighted by Gasteiger charge is -2.20. The first-order chi connectivity index (χ1) is 12.8. The number of benzene rings is 2. The van der Waals surface area contributed by atoms with E-state index < -0.39 is 34.4 Å². The maximum atomic E-state index is 14.0. The van der Waals surface area contributed by atoms with Crippen LogP contribution in [0.1, 0.15) is 15.9 Å². The predicted octanol–water partition coefficient (Wildman–Crippen LogP) is 3.23. The van der Waals surface area contributed by atoms with Gasteiger partial charge in [-0.2, -0.15) is 12.6 Å². The summed E-state index contributed by atoms with van der Waals surface area (Å²) >= 11 is 4.22. The van der Waals surface area contributed by atoms with Crippen LogP contribution < -0.4 is 10.5 Å². The molecule has 2 aromatic carbocycles. The summed E-state index contributed by atoms with van der Waals surface area (Å²) in [6.07, 6.45) is 0. The highest BCUT2D eigenvalue weighted by molar-refractivity contribution is 7.79. The molecule has 3 rings (SSSR count). The molecular weight excluding hydrogens is 374 g/mol. The third kappa shape index (κ3) is 3.06. The quantitative estimate of drug-likeness (QED) is 0.675. The molecule has 1 heterocycles. The number of anilines is 1. The van der Waals surface area contributed by atoms with Crippen molar-refractivity contribution < 1.29 is 18.7 Å². The molecule has 0 aliphatic rings. The van der Waals surface area contributed by atoms with Crippen LogP contribution in [0.3, 0.4) is 0 Å². The van der Waals surface area contributed by atoms with Gasteiger partial charge < -0.3 is 14.6 Å². The van der Waals surface area contributed by atoms with Crippen LogP contribution in [0.4, 0.5) is 14.5 Å². The molecule has 0 fully saturated rings. The van der Waals surface area contributed by atoms with Crippen LogP contribution in [-0.2, 0) is 12.8 Å². The molecule has 0 bridgehead atoms. The van der Waals surface area contributed by atoms with Gasteiger partial charge in [0.25, 0.3) is 11.5 Å². The zero-order valence-electron chi connectivity index (χ0n) is 14.5. The molecule has 1 aromatic heterocycles. The molecule has 0 saturated heterocycles. The number of hydrogen-bond acceptors (Lipinski definition) is 4. The Morgan fingerprint density at radius 3 is 2.59 bits per heavy atom. The van der Waals surface area contributed by atoms with E-state index in [9.17, 15) is 23.5 Å². The zero-order valence-corrected chi connectivity index (χ0v) is 15.4. The van der Waals surface area contributed by atoms with Crippen LogP contribution in [0.2, 0.25) is 0 Å². The van der Waals surface area contributed by atoms with Crippen LogP contribution in [0.15, 0.2) is 41.2 Å². The minimum absolute atomic E-state index is 0.217. The Kier molecular flexibility index (Phi) is 4.93. The highest BCUT2D eigenvalue weighted by atomic mass is 32.1. The number of nitrogens with zero attached hydrogens (tertiary/aromatic N) is 2. The van der Waals surface area contributed by atoms with Crippen LogP contribution in [0.5, 0.6) is 5.75 Å². The van der Waals surface area contributed by atoms with Crippen molar-refractivity contribution in [3.05, 3.63) is 69.5 Å². The topological polar surface area (TPSA) is 62.5 Å². The predicted molar refractivity (Wildman–Crippen MR) is 103 cm³/mol. The first-order valence-corrected chi connectivity index (χ1v) is 8.58. The standard InChI is InChI=1S/C19H16F2N2O3S/c1-22(13-7-6-11(20)8-12(13)21)18(25)16-17(24)15-10(9-27)4-3-5-14(15)23(2)19(16)26/h3-8,24,27H,9H2,1-2H3. The molecule has 1 amide bonds. The molecule has 8 heteroatoms. The van der Waals surface area contributed by atoms with E-state index in [4.69, 9.17) is 0 Å². The van der Waals surface area contributed by atoms with E-state index in [2.05, 4.69) is 12.6 Å². The fraction of sp³-hybridized carbons (Fsp3) is 0.158. The molecular formula is C19H16F2N2O3S. The van der Waals surface area contributed by atoms with E-state index in [1.165, 1.54) is 18.7 Å². The Balaban J connectivity index is 2.24. The van der Waals surface area contributed by atoms with E-state index in [0.717, 1.165) is 17.0 Å². The molecule has 0 unspecified atom stereocenters. The number of aromatic hydroxyl groups is 1. The number of hydrogen-bond donors (Lipinski definition) is 2. The van der Waals surface area contributed by atoms with Gasteiger partial charge >= 0.3 is 0 Å². The number of carbonyl (C=O) groups excluding carboxylic acids is 1. The molecule has 0 atom stereocenters. The summed E-state index contributed by atoms with van der Waals surface area (Å²) in [5.41, 5.74) is -0.364. The van der Waals surface area contributed by atoms with Gasteiger partial charge in [-0.25, -0.2) is 8.78 Å². The molecule has 140 valence electrons. The minimum atomic E-state index is -0.959. The van der Waals surface area contributed by atoms with Crippen LogP contribution in [0.25, 0.3) is 10.9 Å². The number of rotatable bonds is 3. The van der Waals surface area contributed by atoms with Crippen molar-refractivity contribution in [3.8, 4) is 5.75 Å². The van der Waals surface area contributed by atoms with Crippen molar-refractivity contribution in [3.63, 3.8) is 0 Å². The fourth-order valence-corrected chi connectivity index (χ4v) is 3.26. The summed E-state index contributed by atoms with van der Waals surface area (Å²) in [5, 5.41) is 11.0. The van der Waals surface area contributed by atoms with E-state index in [0.29, 0.717) is 22.5 Å². The van der Waals surface area contributed by atoms with E-state index in [-0.39, 0.29) is 11.4 Å². The van der Waals surface area contributed by atoms with E-state index in [1.807, 2.05) is 0 Å². The van der Waals surface area contributed by atoms with Crippen molar-refractivity contribution in [1.82, 2.24) is 4.57 Å². The number of halogens is 2. The lowest BCUT2D eigenvalue weighted by molar-refractivity contribution is 0.0988. The van der Waals surface area contributed by atoms with Gasteiger partial charge in [0.1, 0.15) is 22.9 Å². The summed E-state index contributed by atoms with van der Waals surface area (Å²) in [5.74, 6) is -2.87. The third-order valence-corrected chi connectivity index (χ3v) is 4.78. The number of fused-ring (bicyclic) bond motifs is 1. The van der Waals surface area contributed by atoms with E-state index >= 15 is 0 Å². The summed E-state index contributed by atoms with van der Waals surface area (Å²) in [7, 11) is 2.72. The van der Waals surface area contributed by atoms with Crippen molar-refractivity contribution in [2.45, 2.75) is 5.75 Å². The van der Waals surface area contributed by atoms with Gasteiger partial charge in [0.2, 0.25) is 0 Å². The van der Waals surface area contributed by atoms with Crippen molar-refractivity contribution >= 4 is 35.1 Å². The van der Waals surface area contributed by atoms with Crippen molar-refractivity contribution in [2.24, 2.45) is 7.05 Å². The maximum absolute atomic E-state index is 14.0. The Labute approximate surface area is 158 Å². The largest absolute Gasteiger partial charge is 0.506 e. The van der Waals surface area contributed by atoms with Gasteiger partial charge in [0.05, 0.1) is 11.2 Å². The first kappa shape index (κ1) is 18.9. The highest BCUT2D eigenvalue weighted by Gasteiger charge is 2.26. The van der Waals surface area contributed by atoms with Gasteiger partial charge in [-0.05, 0) is 23.8 Å². The zero-order chi connectivity index (χ0) is 19.9. The van der Waals surface area contributed by atoms with Gasteiger partial charge in [-0.15, -0.1) is 0 Å². The van der Waals surface area contributed by atoms with Crippen molar-refractivity contribution in [2.75, 3.05) is 11.9 Å². The number of amides is 1. The summed E-state index contributed by atoms with van der Waals surface area (Å²) in [6, 6.07) is 7.80. The average Bonchev–Trinajstić information content (AvgIpc) is 2.65. The number of aromatic nitrogens is 1. The summed E-state index contributed by atoms with van der Waals surface area (Å²) in [6.45, 7) is 0. The Morgan fingerprint density at radius 1 is 1.26 bits per heavy atom. The molecule has 0 aliphatic heterocycles. The Morgan fingerprint density at radius 2 is 1.96 bits per heavy atom. The van der Waals surface area contributed by atoms with Crippen LogP contribution in [-0.4, -0.2) is 22.6 Å². The lowest BCUT2D eigenvalue weighted by atomic mass is 10.0. The SMILES string of the molecule is CN(C(=O)c1c(O)c2c(CS)cccc2n(C)c1=O)c1ccc(F)cc1F. The van der Waals surface area contributed by atoms with Crippen LogP contribution in [0, 0.1) is 11.6 Å². The molecule has 0 radical (unpaired) electrons. The normalized spacial score (nSPS) is 11.0. The van der Waals surface area contributed by atoms with E-state index in [1.54, 1.807) is 18.2 Å². The highest BCUT2D eigenvalue weighted by Crippen LogP contribution is 2.31. The smallest absolute Gasteiger partial charge is 0.267 e. The minimum Gasteiger partial charge on any atom is -0.506 e. The van der Waals surface area contributed by atoms with Gasteiger partial charge in [0, 0.05) is 31.3 Å². The molecule has 5 nitrogen and oxygen atoms in total. The molecule has 3 aromatic rings. The fourth-order valence-electron chi connectivity index (χ4n) is 3.00. The van der Waals surface area contributed by atoms with Crippen LogP contribution >= 0.6 is 12.6 Å². The molecule has 0 saturated carbocycles. The monoisotopic (exact) mass is 390 g/mol. The van der Waals surface area contributed by atoms with Gasteiger partial charge in [-0.3, -0.25) is 9.59 Å². The van der Waals surface area contributed by atoms with Gasteiger partial charge in [-0.1, -0.05) is 12.1 Å². The Bertz CT molecular complexity index is 1130. The average molecular weight is 390 g/mol. The second-order valence-electron chi connectivity index (χ2n) is 6.02. The lowest BCUT2D eigenvalue weighted by Crippen LogP contribution is -2.34. The molecule has 27 heavy (non-hydrogen) atoms. The summed E-state index contributed by atoms with van der Waals surface area (Å²) < 4.78 is 28.4. The second kappa shape index (κ2) is 7.03. The third-order valence-electron chi connectivity index (χ3n) is 4.44. The number of aryl methyl sites for hydroxylation is 1. The van der Waals surface area contributed by atoms with Crippen molar-refractivity contribution in [1.29, 1.82) is 0 Å². The van der Waals surface area contributed by atoms with Gasteiger partial charge in [0.15, 0.2) is 0 Å². The number of pyridine rings is 1. The molecule has 0 spiro atoms. The number of thiol groups is 1. The second-order valence-corrected chi connectivity index (χ2v) is 6.33. The Hall–Kier alpha value is -2.87.